The molecule has 0 aromatic carbocycles. The predicted octanol–water partition coefficient (Wildman–Crippen LogP) is 2.47. The molecule has 0 radical (unpaired) electrons. The van der Waals surface area contributed by atoms with Crippen LogP contribution in [0, 0.1) is 0 Å². The van der Waals surface area contributed by atoms with Crippen molar-refractivity contribution in [3.05, 3.63) is 10.4 Å². The lowest BCUT2D eigenvalue weighted by molar-refractivity contribution is -0.0547. The highest BCUT2D eigenvalue weighted by molar-refractivity contribution is 4.57. The minimum absolute atomic E-state index is 0.0336. The van der Waals surface area contributed by atoms with Gasteiger partial charge in [-0.3, -0.25) is 0 Å². The van der Waals surface area contributed by atoms with E-state index in [4.69, 9.17) is 15.0 Å². The molecule has 0 aromatic rings. The van der Waals surface area contributed by atoms with Crippen molar-refractivity contribution in [1.82, 2.24) is 0 Å². The number of azide groups is 1. The van der Waals surface area contributed by atoms with Crippen molar-refractivity contribution >= 4 is 0 Å². The van der Waals surface area contributed by atoms with Crippen molar-refractivity contribution in [2.24, 2.45) is 5.11 Å². The highest BCUT2D eigenvalue weighted by atomic mass is 16.5. The number of nitrogens with zero attached hydrogens (tertiary/aromatic N) is 3. The van der Waals surface area contributed by atoms with E-state index >= 15 is 0 Å². The molecule has 5 nitrogen and oxygen atoms in total. The van der Waals surface area contributed by atoms with Gasteiger partial charge in [-0.05, 0) is 33.2 Å². The molecule has 0 fully saturated rings. The minimum Gasteiger partial charge on any atom is -0.376 e. The van der Waals surface area contributed by atoms with Crippen LogP contribution in [0.3, 0.4) is 0 Å². The maximum atomic E-state index is 8.24. The Bertz CT molecular complexity index is 176. The van der Waals surface area contributed by atoms with Gasteiger partial charge in [0.15, 0.2) is 6.23 Å². The van der Waals surface area contributed by atoms with E-state index in [2.05, 4.69) is 10.0 Å². The van der Waals surface area contributed by atoms with E-state index in [0.29, 0.717) is 6.61 Å². The second-order valence-electron chi connectivity index (χ2n) is 3.23. The first-order chi connectivity index (χ1) is 6.06. The SMILES string of the molecule is CC(C)OCC(N=[N+]=[N-])OC(C)C. The Morgan fingerprint density at radius 2 is 1.85 bits per heavy atom. The van der Waals surface area contributed by atoms with Crippen LogP contribution in [0.25, 0.3) is 10.4 Å². The zero-order chi connectivity index (χ0) is 10.3. The number of ether oxygens (including phenoxy) is 2. The lowest BCUT2D eigenvalue weighted by atomic mass is 10.4. The van der Waals surface area contributed by atoms with E-state index < -0.39 is 6.23 Å². The molecular formula is C8H17N3O2. The van der Waals surface area contributed by atoms with Crippen LogP contribution in [-0.4, -0.2) is 25.0 Å². The number of hydrogen-bond donors (Lipinski definition) is 0. The van der Waals surface area contributed by atoms with Crippen LogP contribution in [0.5, 0.6) is 0 Å². The Hall–Kier alpha value is -0.770. The molecule has 13 heavy (non-hydrogen) atoms. The molecule has 0 aromatic heterocycles. The summed E-state index contributed by atoms with van der Waals surface area (Å²) in [6.07, 6.45) is -0.370. The summed E-state index contributed by atoms with van der Waals surface area (Å²) >= 11 is 0. The third kappa shape index (κ3) is 7.59. The van der Waals surface area contributed by atoms with Crippen LogP contribution < -0.4 is 0 Å². The molecule has 0 aliphatic carbocycles. The van der Waals surface area contributed by atoms with Gasteiger partial charge in [0.2, 0.25) is 0 Å². The van der Waals surface area contributed by atoms with E-state index in [1.165, 1.54) is 0 Å². The van der Waals surface area contributed by atoms with E-state index in [9.17, 15) is 0 Å². The molecule has 0 heterocycles. The van der Waals surface area contributed by atoms with Crippen molar-refractivity contribution in [3.8, 4) is 0 Å². The van der Waals surface area contributed by atoms with Crippen molar-refractivity contribution < 1.29 is 9.47 Å². The lowest BCUT2D eigenvalue weighted by Gasteiger charge is -2.16. The molecule has 1 unspecified atom stereocenters. The van der Waals surface area contributed by atoms with Crippen molar-refractivity contribution in [3.63, 3.8) is 0 Å². The van der Waals surface area contributed by atoms with Gasteiger partial charge >= 0.3 is 0 Å². The number of hydrogen-bond acceptors (Lipinski definition) is 3. The van der Waals surface area contributed by atoms with E-state index in [1.54, 1.807) is 0 Å². The summed E-state index contributed by atoms with van der Waals surface area (Å²) in [5.41, 5.74) is 8.24. The number of rotatable bonds is 6. The van der Waals surface area contributed by atoms with Crippen LogP contribution in [0.1, 0.15) is 27.7 Å². The van der Waals surface area contributed by atoms with Gasteiger partial charge in [0.25, 0.3) is 0 Å². The van der Waals surface area contributed by atoms with Gasteiger partial charge in [0.1, 0.15) is 0 Å². The van der Waals surface area contributed by atoms with E-state index in [-0.39, 0.29) is 12.2 Å². The Morgan fingerprint density at radius 3 is 2.23 bits per heavy atom. The van der Waals surface area contributed by atoms with E-state index in [0.717, 1.165) is 0 Å². The topological polar surface area (TPSA) is 67.2 Å². The molecule has 0 saturated carbocycles. The van der Waals surface area contributed by atoms with Crippen molar-refractivity contribution in [1.29, 1.82) is 0 Å². The average molecular weight is 187 g/mol. The zero-order valence-electron chi connectivity index (χ0n) is 8.60. The minimum atomic E-state index is -0.521. The summed E-state index contributed by atoms with van der Waals surface area (Å²) < 4.78 is 10.6. The molecule has 0 aliphatic rings. The summed E-state index contributed by atoms with van der Waals surface area (Å²) in [5, 5.41) is 3.47. The molecule has 5 heteroatoms. The summed E-state index contributed by atoms with van der Waals surface area (Å²) in [5.74, 6) is 0. The van der Waals surface area contributed by atoms with Gasteiger partial charge in [0, 0.05) is 4.91 Å². The Labute approximate surface area is 78.7 Å². The fourth-order valence-electron chi connectivity index (χ4n) is 0.746. The normalized spacial score (nSPS) is 13.1. The zero-order valence-corrected chi connectivity index (χ0v) is 8.60. The van der Waals surface area contributed by atoms with Gasteiger partial charge in [0.05, 0.1) is 18.8 Å². The van der Waals surface area contributed by atoms with Crippen molar-refractivity contribution in [2.75, 3.05) is 6.61 Å². The van der Waals surface area contributed by atoms with Crippen LogP contribution in [0.15, 0.2) is 5.11 Å². The van der Waals surface area contributed by atoms with Crippen LogP contribution in [0.4, 0.5) is 0 Å². The monoisotopic (exact) mass is 187 g/mol. The van der Waals surface area contributed by atoms with Gasteiger partial charge in [-0.2, -0.15) is 0 Å². The highest BCUT2D eigenvalue weighted by Gasteiger charge is 2.09. The maximum Gasteiger partial charge on any atom is 0.160 e. The predicted molar refractivity (Wildman–Crippen MR) is 50.2 cm³/mol. The molecular weight excluding hydrogens is 170 g/mol. The Balaban J connectivity index is 3.87. The van der Waals surface area contributed by atoms with Gasteiger partial charge < -0.3 is 9.47 Å². The standard InChI is InChI=1S/C8H17N3O2/c1-6(2)12-5-8(10-11-9)13-7(3)4/h6-8H,5H2,1-4H3. The summed E-state index contributed by atoms with van der Waals surface area (Å²) in [4.78, 5) is 2.69. The molecule has 0 aliphatic heterocycles. The van der Waals surface area contributed by atoms with Gasteiger partial charge in [-0.15, -0.1) is 0 Å². The summed E-state index contributed by atoms with van der Waals surface area (Å²) in [6.45, 7) is 7.91. The molecule has 0 saturated heterocycles. The smallest absolute Gasteiger partial charge is 0.160 e. The van der Waals surface area contributed by atoms with Crippen molar-refractivity contribution in [2.45, 2.75) is 46.1 Å². The fraction of sp³-hybridized carbons (Fsp3) is 1.00. The molecule has 0 bridgehead atoms. The first-order valence-electron chi connectivity index (χ1n) is 4.37. The molecule has 76 valence electrons. The lowest BCUT2D eigenvalue weighted by Crippen LogP contribution is -2.22. The van der Waals surface area contributed by atoms with Crippen LogP contribution in [-0.2, 0) is 9.47 Å². The summed E-state index contributed by atoms with van der Waals surface area (Å²) in [7, 11) is 0. The second-order valence-corrected chi connectivity index (χ2v) is 3.23. The average Bonchev–Trinajstić information content (AvgIpc) is 1.99. The highest BCUT2D eigenvalue weighted by Crippen LogP contribution is 2.02. The molecule has 0 spiro atoms. The third-order valence-corrected chi connectivity index (χ3v) is 1.18. The van der Waals surface area contributed by atoms with E-state index in [1.807, 2.05) is 27.7 Å². The third-order valence-electron chi connectivity index (χ3n) is 1.18. The van der Waals surface area contributed by atoms with Crippen LogP contribution in [0.2, 0.25) is 0 Å². The first kappa shape index (κ1) is 12.2. The quantitative estimate of drug-likeness (QED) is 0.364. The Morgan fingerprint density at radius 1 is 1.23 bits per heavy atom. The fourth-order valence-corrected chi connectivity index (χ4v) is 0.746. The van der Waals surface area contributed by atoms with Gasteiger partial charge in [-0.25, -0.2) is 0 Å². The van der Waals surface area contributed by atoms with Crippen LogP contribution >= 0.6 is 0 Å². The second kappa shape index (κ2) is 6.71. The maximum absolute atomic E-state index is 8.24. The van der Waals surface area contributed by atoms with Gasteiger partial charge in [-0.1, -0.05) is 5.11 Å². The summed E-state index contributed by atoms with van der Waals surface area (Å²) in [6, 6.07) is 0. The Kier molecular flexibility index (Phi) is 6.32. The molecule has 0 rings (SSSR count). The largest absolute Gasteiger partial charge is 0.376 e. The first-order valence-corrected chi connectivity index (χ1v) is 4.37. The molecule has 0 N–H and O–H groups in total. The molecule has 0 amide bonds. The molecule has 1 atom stereocenters.